The van der Waals surface area contributed by atoms with Crippen molar-refractivity contribution in [3.05, 3.63) is 81.6 Å². The smallest absolute Gasteiger partial charge is 0.260 e. The van der Waals surface area contributed by atoms with Crippen LogP contribution < -0.4 is 11.4 Å². The highest BCUT2D eigenvalue weighted by Crippen LogP contribution is 2.27. The van der Waals surface area contributed by atoms with Gasteiger partial charge < -0.3 is 10.8 Å². The van der Waals surface area contributed by atoms with E-state index in [0.717, 1.165) is 23.1 Å². The number of nitrogens with two attached hydrogens (primary N) is 1. The molecule has 6 nitrogen and oxygen atoms in total. The third kappa shape index (κ3) is 6.23. The van der Waals surface area contributed by atoms with Gasteiger partial charge in [-0.05, 0) is 42.5 Å². The van der Waals surface area contributed by atoms with E-state index >= 15 is 0 Å². The van der Waals surface area contributed by atoms with E-state index in [2.05, 4.69) is 34.4 Å². The van der Waals surface area contributed by atoms with E-state index in [1.807, 2.05) is 63.2 Å². The summed E-state index contributed by atoms with van der Waals surface area (Å²) in [6.45, 7) is 8.20. The molecule has 0 amide bonds. The van der Waals surface area contributed by atoms with Crippen LogP contribution in [0, 0.1) is 12.3 Å². The zero-order chi connectivity index (χ0) is 23.5. The minimum atomic E-state index is -0.396. The Morgan fingerprint density at radius 1 is 1.00 bits per heavy atom. The molecule has 2 aromatic carbocycles. The molecule has 3 aromatic rings. The number of pyridine rings is 1. The number of aromatic amines is 1. The van der Waals surface area contributed by atoms with Crippen LogP contribution in [-0.2, 0) is 6.42 Å². The van der Waals surface area contributed by atoms with Crippen LogP contribution in [-0.4, -0.2) is 10.8 Å². The summed E-state index contributed by atoms with van der Waals surface area (Å²) in [5, 5.41) is 14.9. The number of benzene rings is 2. The molecule has 1 heterocycles. The number of nitrogens with zero attached hydrogens (tertiary/aromatic N) is 2. The van der Waals surface area contributed by atoms with Crippen molar-refractivity contribution in [3.8, 4) is 22.4 Å². The fourth-order valence-corrected chi connectivity index (χ4v) is 3.45. The first-order valence-corrected chi connectivity index (χ1v) is 11.2. The summed E-state index contributed by atoms with van der Waals surface area (Å²) < 4.78 is 0. The fraction of sp³-hybridized carbons (Fsp3) is 0.308. The lowest BCUT2D eigenvalue weighted by atomic mass is 9.96. The van der Waals surface area contributed by atoms with Crippen LogP contribution in [0.5, 0.6) is 0 Å². The molecule has 4 N–H and O–H groups in total. The molecular formula is C26H33N5O. The van der Waals surface area contributed by atoms with Gasteiger partial charge in [-0.15, -0.1) is 5.11 Å². The second-order valence-electron chi connectivity index (χ2n) is 7.38. The molecule has 3 rings (SSSR count). The number of hydrogen-bond donors (Lipinski definition) is 3. The zero-order valence-electron chi connectivity index (χ0n) is 19.4. The van der Waals surface area contributed by atoms with Crippen molar-refractivity contribution in [1.82, 2.24) is 4.98 Å². The minimum Gasteiger partial charge on any atom is -0.321 e. The van der Waals surface area contributed by atoms with Crippen molar-refractivity contribution in [2.45, 2.75) is 53.4 Å². The number of aromatic nitrogens is 1. The average Bonchev–Trinajstić information content (AvgIpc) is 2.81. The molecule has 0 spiro atoms. The Labute approximate surface area is 190 Å². The summed E-state index contributed by atoms with van der Waals surface area (Å²) in [6.07, 6.45) is 4.66. The lowest BCUT2D eigenvalue weighted by Crippen LogP contribution is -2.19. The largest absolute Gasteiger partial charge is 0.321 e. The summed E-state index contributed by atoms with van der Waals surface area (Å²) in [5.41, 5.74) is 5.21. The van der Waals surface area contributed by atoms with Crippen molar-refractivity contribution < 1.29 is 0 Å². The van der Waals surface area contributed by atoms with Gasteiger partial charge >= 0.3 is 0 Å². The summed E-state index contributed by atoms with van der Waals surface area (Å²) in [7, 11) is 0. The van der Waals surface area contributed by atoms with Gasteiger partial charge in [0.15, 0.2) is 5.84 Å². The maximum absolute atomic E-state index is 12.9. The molecule has 0 bridgehead atoms. The van der Waals surface area contributed by atoms with Gasteiger partial charge in [-0.25, -0.2) is 0 Å². The number of nitrogens with one attached hydrogen (secondary N) is 2. The topological polar surface area (TPSA) is 107 Å². The van der Waals surface area contributed by atoms with Crippen molar-refractivity contribution in [1.29, 1.82) is 5.41 Å². The van der Waals surface area contributed by atoms with Gasteiger partial charge in [0.1, 0.15) is 0 Å². The summed E-state index contributed by atoms with van der Waals surface area (Å²) >= 11 is 0. The van der Waals surface area contributed by atoms with E-state index in [4.69, 9.17) is 11.3 Å². The Bertz CT molecular complexity index is 1100. The Hall–Kier alpha value is -3.54. The SMILES string of the molecule is CC.CCCCCc1ccc(-c2cc(-c3ccc(C)cc3)c(C(=N)N=NN)c(=O)[nH]2)cc1. The van der Waals surface area contributed by atoms with Crippen LogP contribution >= 0.6 is 0 Å². The first-order chi connectivity index (χ1) is 15.5. The summed E-state index contributed by atoms with van der Waals surface area (Å²) in [4.78, 5) is 15.8. The predicted octanol–water partition coefficient (Wildman–Crippen LogP) is 6.43. The van der Waals surface area contributed by atoms with Gasteiger partial charge in [-0.3, -0.25) is 10.2 Å². The number of rotatable bonds is 7. The van der Waals surface area contributed by atoms with Gasteiger partial charge in [0.25, 0.3) is 5.56 Å². The maximum Gasteiger partial charge on any atom is 0.260 e. The molecule has 6 heteroatoms. The molecule has 0 saturated carbocycles. The molecule has 0 saturated heterocycles. The zero-order valence-corrected chi connectivity index (χ0v) is 19.4. The van der Waals surface area contributed by atoms with Gasteiger partial charge in [-0.2, -0.15) is 0 Å². The molecule has 168 valence electrons. The quantitative estimate of drug-likeness (QED) is 0.100. The van der Waals surface area contributed by atoms with Crippen LogP contribution in [0.4, 0.5) is 0 Å². The normalized spacial score (nSPS) is 10.6. The van der Waals surface area contributed by atoms with Crippen LogP contribution in [0.3, 0.4) is 0 Å². The van der Waals surface area contributed by atoms with Crippen molar-refractivity contribution >= 4 is 5.84 Å². The second-order valence-corrected chi connectivity index (χ2v) is 7.38. The van der Waals surface area contributed by atoms with Crippen molar-refractivity contribution in [3.63, 3.8) is 0 Å². The molecule has 0 unspecified atom stereocenters. The van der Waals surface area contributed by atoms with Gasteiger partial charge in [0, 0.05) is 11.3 Å². The molecule has 0 fully saturated rings. The number of H-pyrrole nitrogens is 1. The van der Waals surface area contributed by atoms with E-state index in [1.54, 1.807) is 0 Å². The van der Waals surface area contributed by atoms with E-state index in [-0.39, 0.29) is 11.4 Å². The highest BCUT2D eigenvalue weighted by molar-refractivity contribution is 6.03. The molecule has 0 aliphatic rings. The highest BCUT2D eigenvalue weighted by atomic mass is 16.1. The Balaban J connectivity index is 0.00000176. The lowest BCUT2D eigenvalue weighted by molar-refractivity contribution is 0.717. The molecule has 0 atom stereocenters. The standard InChI is InChI=1S/C24H27N5O.C2H6/c1-3-4-5-6-17-9-13-19(14-10-17)21-15-20(18-11-7-16(2)8-12-18)22(24(30)27-21)23(25)28-29-26;1-2/h7-15H,3-6H2,1-2H3,(H,27,30)(H3,25,26,28);1-2H3. The van der Waals surface area contributed by atoms with Gasteiger partial charge in [0.05, 0.1) is 5.56 Å². The molecule has 32 heavy (non-hydrogen) atoms. The molecule has 0 aliphatic carbocycles. The Morgan fingerprint density at radius 2 is 1.62 bits per heavy atom. The monoisotopic (exact) mass is 431 g/mol. The molecule has 1 aromatic heterocycles. The van der Waals surface area contributed by atoms with Crippen molar-refractivity contribution in [2.75, 3.05) is 0 Å². The highest BCUT2D eigenvalue weighted by Gasteiger charge is 2.17. The third-order valence-electron chi connectivity index (χ3n) is 5.12. The predicted molar refractivity (Wildman–Crippen MR) is 133 cm³/mol. The van der Waals surface area contributed by atoms with E-state index in [9.17, 15) is 4.79 Å². The van der Waals surface area contributed by atoms with Crippen LogP contribution in [0.15, 0.2) is 69.7 Å². The molecule has 0 aliphatic heterocycles. The Kier molecular flexibility index (Phi) is 9.54. The first kappa shape index (κ1) is 24.7. The maximum atomic E-state index is 12.9. The number of unbranched alkanes of at least 4 members (excludes halogenated alkanes) is 2. The first-order valence-electron chi connectivity index (χ1n) is 11.2. The number of aryl methyl sites for hydroxylation is 2. The van der Waals surface area contributed by atoms with Crippen molar-refractivity contribution in [2.24, 2.45) is 16.2 Å². The number of amidine groups is 1. The summed E-state index contributed by atoms with van der Waals surface area (Å²) in [5.74, 6) is 4.84. The van der Waals surface area contributed by atoms with E-state index in [1.165, 1.54) is 24.8 Å². The average molecular weight is 432 g/mol. The van der Waals surface area contributed by atoms with Crippen LogP contribution in [0.1, 0.15) is 56.7 Å². The van der Waals surface area contributed by atoms with Crippen LogP contribution in [0.25, 0.3) is 22.4 Å². The molecule has 0 radical (unpaired) electrons. The van der Waals surface area contributed by atoms with Gasteiger partial charge in [-0.1, -0.05) is 92.9 Å². The molecular weight excluding hydrogens is 398 g/mol. The fourth-order valence-electron chi connectivity index (χ4n) is 3.45. The number of hydrogen-bond acceptors (Lipinski definition) is 3. The van der Waals surface area contributed by atoms with Gasteiger partial charge in [0.2, 0.25) is 0 Å². The third-order valence-corrected chi connectivity index (χ3v) is 5.12. The Morgan fingerprint density at radius 3 is 2.22 bits per heavy atom. The van der Waals surface area contributed by atoms with E-state index in [0.29, 0.717) is 11.3 Å². The minimum absolute atomic E-state index is 0.146. The van der Waals surface area contributed by atoms with E-state index < -0.39 is 5.56 Å². The summed E-state index contributed by atoms with van der Waals surface area (Å²) in [6, 6.07) is 17.9. The lowest BCUT2D eigenvalue weighted by Gasteiger charge is -2.11. The van der Waals surface area contributed by atoms with Crippen LogP contribution in [0.2, 0.25) is 0 Å². The second kappa shape index (κ2) is 12.3.